The summed E-state index contributed by atoms with van der Waals surface area (Å²) in [6.45, 7) is 4.26. The van der Waals surface area contributed by atoms with Crippen LogP contribution in [-0.4, -0.2) is 23.8 Å². The number of hydrogen-bond acceptors (Lipinski definition) is 3. The molecule has 4 heteroatoms. The highest BCUT2D eigenvalue weighted by molar-refractivity contribution is 5.74. The molecule has 1 aromatic carbocycles. The number of carbonyl (C=O) groups is 1. The van der Waals surface area contributed by atoms with Crippen LogP contribution >= 0.6 is 0 Å². The number of carboxylic acid groups (broad SMARTS) is 1. The summed E-state index contributed by atoms with van der Waals surface area (Å²) in [5, 5.41) is 8.89. The second-order valence-electron chi connectivity index (χ2n) is 4.20. The summed E-state index contributed by atoms with van der Waals surface area (Å²) in [6, 6.07) is 5.47. The third-order valence-corrected chi connectivity index (χ3v) is 2.81. The van der Waals surface area contributed by atoms with Gasteiger partial charge < -0.3 is 14.6 Å². The van der Waals surface area contributed by atoms with Crippen molar-refractivity contribution in [1.29, 1.82) is 0 Å². The molecule has 1 N–H and O–H groups in total. The number of benzene rings is 1. The van der Waals surface area contributed by atoms with Gasteiger partial charge in [-0.25, -0.2) is 4.79 Å². The molecule has 1 unspecified atom stereocenters. The predicted octanol–water partition coefficient (Wildman–Crippen LogP) is 2.42. The van der Waals surface area contributed by atoms with E-state index in [-0.39, 0.29) is 0 Å². The van der Waals surface area contributed by atoms with Crippen molar-refractivity contribution < 1.29 is 19.4 Å². The van der Waals surface area contributed by atoms with Crippen molar-refractivity contribution in [3.63, 3.8) is 0 Å². The molecule has 1 aromatic rings. The smallest absolute Gasteiger partial charge is 0.345 e. The van der Waals surface area contributed by atoms with E-state index in [9.17, 15) is 4.79 Å². The van der Waals surface area contributed by atoms with Crippen molar-refractivity contribution in [2.45, 2.75) is 25.4 Å². The molecule has 0 saturated carbocycles. The number of carboxylic acids is 1. The van der Waals surface area contributed by atoms with Crippen LogP contribution in [0.5, 0.6) is 11.5 Å². The first-order valence-electron chi connectivity index (χ1n) is 5.97. The Kier molecular flexibility index (Phi) is 3.87. The van der Waals surface area contributed by atoms with Gasteiger partial charge in [0.2, 0.25) is 0 Å². The predicted molar refractivity (Wildman–Crippen MR) is 67.1 cm³/mol. The Hall–Kier alpha value is -1.97. The molecule has 0 saturated heterocycles. The van der Waals surface area contributed by atoms with Crippen LogP contribution in [0.2, 0.25) is 0 Å². The molecule has 0 spiro atoms. The standard InChI is InChI=1S/C14H16O4/c1-2-3-4-7-17-11-6-5-10-8-13(14(15)16)18-12(10)9-11/h2,5-6,9,13H,1,3-4,7-8H2,(H,15,16). The summed E-state index contributed by atoms with van der Waals surface area (Å²) in [7, 11) is 0. The second kappa shape index (κ2) is 5.58. The molecule has 4 nitrogen and oxygen atoms in total. The number of hydrogen-bond donors (Lipinski definition) is 1. The van der Waals surface area contributed by atoms with Crippen molar-refractivity contribution in [2.75, 3.05) is 6.61 Å². The fraction of sp³-hybridized carbons (Fsp3) is 0.357. The third kappa shape index (κ3) is 2.83. The van der Waals surface area contributed by atoms with Crippen LogP contribution in [0.25, 0.3) is 0 Å². The largest absolute Gasteiger partial charge is 0.493 e. The van der Waals surface area contributed by atoms with Crippen molar-refractivity contribution >= 4 is 5.97 Å². The fourth-order valence-electron chi connectivity index (χ4n) is 1.85. The molecule has 0 amide bonds. The maximum atomic E-state index is 10.8. The maximum absolute atomic E-state index is 10.8. The number of allylic oxidation sites excluding steroid dienone is 1. The molecule has 0 aliphatic carbocycles. The quantitative estimate of drug-likeness (QED) is 0.620. The fourth-order valence-corrected chi connectivity index (χ4v) is 1.85. The molecular formula is C14H16O4. The summed E-state index contributed by atoms with van der Waals surface area (Å²) in [5.74, 6) is 0.395. The van der Waals surface area contributed by atoms with Crippen LogP contribution in [0.3, 0.4) is 0 Å². The number of rotatable bonds is 6. The molecule has 0 fully saturated rings. The summed E-state index contributed by atoms with van der Waals surface area (Å²) in [5.41, 5.74) is 0.917. The molecule has 1 heterocycles. The molecule has 1 aliphatic heterocycles. The lowest BCUT2D eigenvalue weighted by atomic mass is 10.1. The average molecular weight is 248 g/mol. The van der Waals surface area contributed by atoms with Gasteiger partial charge in [0.1, 0.15) is 11.5 Å². The molecule has 1 atom stereocenters. The summed E-state index contributed by atoms with van der Waals surface area (Å²) < 4.78 is 10.9. The van der Waals surface area contributed by atoms with Crippen LogP contribution in [0.1, 0.15) is 18.4 Å². The van der Waals surface area contributed by atoms with E-state index in [0.717, 1.165) is 18.4 Å². The van der Waals surface area contributed by atoms with Gasteiger partial charge in [-0.3, -0.25) is 0 Å². The van der Waals surface area contributed by atoms with Gasteiger partial charge in [-0.05, 0) is 24.5 Å². The lowest BCUT2D eigenvalue weighted by Gasteiger charge is -2.07. The first kappa shape index (κ1) is 12.5. The number of ether oxygens (including phenoxy) is 2. The first-order valence-corrected chi connectivity index (χ1v) is 5.97. The van der Waals surface area contributed by atoms with Gasteiger partial charge in [-0.2, -0.15) is 0 Å². The van der Waals surface area contributed by atoms with Gasteiger partial charge in [0.05, 0.1) is 6.61 Å². The highest BCUT2D eigenvalue weighted by atomic mass is 16.5. The first-order chi connectivity index (χ1) is 8.70. The average Bonchev–Trinajstić information content (AvgIpc) is 2.78. The number of aliphatic carboxylic acids is 1. The maximum Gasteiger partial charge on any atom is 0.345 e. The lowest BCUT2D eigenvalue weighted by Crippen LogP contribution is -2.24. The van der Waals surface area contributed by atoms with Gasteiger partial charge in [0, 0.05) is 12.5 Å². The second-order valence-corrected chi connectivity index (χ2v) is 4.20. The molecule has 2 rings (SSSR count). The number of unbranched alkanes of at least 4 members (excludes halogenated alkanes) is 1. The normalized spacial score (nSPS) is 16.8. The Bertz CT molecular complexity index is 453. The van der Waals surface area contributed by atoms with Crippen LogP contribution in [0.4, 0.5) is 0 Å². The van der Waals surface area contributed by atoms with E-state index in [4.69, 9.17) is 14.6 Å². The highest BCUT2D eigenvalue weighted by Gasteiger charge is 2.28. The lowest BCUT2D eigenvalue weighted by molar-refractivity contribution is -0.144. The van der Waals surface area contributed by atoms with E-state index in [1.807, 2.05) is 18.2 Å². The van der Waals surface area contributed by atoms with E-state index < -0.39 is 12.1 Å². The zero-order valence-corrected chi connectivity index (χ0v) is 10.1. The minimum absolute atomic E-state index is 0.418. The topological polar surface area (TPSA) is 55.8 Å². The van der Waals surface area contributed by atoms with Gasteiger partial charge >= 0.3 is 5.97 Å². The Morgan fingerprint density at radius 1 is 1.61 bits per heavy atom. The minimum Gasteiger partial charge on any atom is -0.493 e. The van der Waals surface area contributed by atoms with E-state index in [2.05, 4.69) is 6.58 Å². The van der Waals surface area contributed by atoms with E-state index in [0.29, 0.717) is 24.5 Å². The van der Waals surface area contributed by atoms with Crippen molar-refractivity contribution in [2.24, 2.45) is 0 Å². The van der Waals surface area contributed by atoms with Gasteiger partial charge in [0.25, 0.3) is 0 Å². The van der Waals surface area contributed by atoms with Crippen molar-refractivity contribution in [3.8, 4) is 11.5 Å². The zero-order chi connectivity index (χ0) is 13.0. The number of fused-ring (bicyclic) bond motifs is 1. The Labute approximate surface area is 106 Å². The molecule has 96 valence electrons. The van der Waals surface area contributed by atoms with E-state index in [1.54, 1.807) is 6.07 Å². The van der Waals surface area contributed by atoms with Crippen LogP contribution < -0.4 is 9.47 Å². The summed E-state index contributed by atoms with van der Waals surface area (Å²) in [4.78, 5) is 10.8. The van der Waals surface area contributed by atoms with Crippen LogP contribution in [0.15, 0.2) is 30.9 Å². The molecular weight excluding hydrogens is 232 g/mol. The SMILES string of the molecule is C=CCCCOc1ccc2c(c1)OC(C(=O)O)C2. The van der Waals surface area contributed by atoms with Crippen LogP contribution in [0, 0.1) is 0 Å². The molecule has 0 radical (unpaired) electrons. The molecule has 18 heavy (non-hydrogen) atoms. The highest BCUT2D eigenvalue weighted by Crippen LogP contribution is 2.32. The van der Waals surface area contributed by atoms with Crippen molar-refractivity contribution in [1.82, 2.24) is 0 Å². The Morgan fingerprint density at radius 3 is 3.17 bits per heavy atom. The third-order valence-electron chi connectivity index (χ3n) is 2.81. The monoisotopic (exact) mass is 248 g/mol. The van der Waals surface area contributed by atoms with E-state index >= 15 is 0 Å². The summed E-state index contributed by atoms with van der Waals surface area (Å²) >= 11 is 0. The van der Waals surface area contributed by atoms with Gasteiger partial charge in [0.15, 0.2) is 6.10 Å². The van der Waals surface area contributed by atoms with Crippen molar-refractivity contribution in [3.05, 3.63) is 36.4 Å². The molecule has 0 bridgehead atoms. The van der Waals surface area contributed by atoms with Gasteiger partial charge in [-0.1, -0.05) is 12.1 Å². The zero-order valence-electron chi connectivity index (χ0n) is 10.1. The Morgan fingerprint density at radius 2 is 2.44 bits per heavy atom. The minimum atomic E-state index is -0.931. The van der Waals surface area contributed by atoms with Crippen LogP contribution in [-0.2, 0) is 11.2 Å². The van der Waals surface area contributed by atoms with E-state index in [1.165, 1.54) is 0 Å². The Balaban J connectivity index is 1.95. The van der Waals surface area contributed by atoms with Gasteiger partial charge in [-0.15, -0.1) is 6.58 Å². The summed E-state index contributed by atoms with van der Waals surface area (Å²) in [6.07, 6.45) is 3.34. The molecule has 1 aliphatic rings. The molecule has 0 aromatic heterocycles.